The Hall–Kier alpha value is -0.953. The van der Waals surface area contributed by atoms with Crippen molar-refractivity contribution in [3.63, 3.8) is 0 Å². The Morgan fingerprint density at radius 1 is 1.11 bits per heavy atom. The van der Waals surface area contributed by atoms with Crippen LogP contribution in [0, 0.1) is 0 Å². The van der Waals surface area contributed by atoms with Gasteiger partial charge in [-0.05, 0) is 40.7 Å². The number of carbonyl (C=O) groups is 1. The van der Waals surface area contributed by atoms with E-state index in [1.807, 2.05) is 20.8 Å². The van der Waals surface area contributed by atoms with Gasteiger partial charge in [0.05, 0.1) is 0 Å². The monoisotopic (exact) mass is 288 g/mol. The lowest BCUT2D eigenvalue weighted by Crippen LogP contribution is -2.49. The minimum atomic E-state index is -3.16. The number of allylic oxidation sites excluding steroid dienone is 1. The topological polar surface area (TPSA) is 54.0 Å². The van der Waals surface area contributed by atoms with Crippen LogP contribution in [0.25, 0.3) is 0 Å². The molecule has 0 bridgehead atoms. The fraction of sp³-hybridized carbons (Fsp3) is 0.615. The molecule has 110 valence electrons. The van der Waals surface area contributed by atoms with Crippen molar-refractivity contribution in [2.24, 2.45) is 0 Å². The molecule has 6 heteroatoms. The highest BCUT2D eigenvalue weighted by molar-refractivity contribution is 6.68. The molecule has 0 N–H and O–H groups in total. The zero-order chi connectivity index (χ0) is 14.9. The van der Waals surface area contributed by atoms with Gasteiger partial charge in [-0.2, -0.15) is 0 Å². The largest absolute Gasteiger partial charge is 0.574 e. The zero-order valence-electron chi connectivity index (χ0n) is 12.4. The van der Waals surface area contributed by atoms with Crippen LogP contribution in [0.2, 0.25) is 0 Å². The van der Waals surface area contributed by atoms with Gasteiger partial charge in [0.1, 0.15) is 0 Å². The van der Waals surface area contributed by atoms with Gasteiger partial charge in [0.25, 0.3) is 0 Å². The molecular weight excluding hydrogens is 264 g/mol. The molecule has 0 fully saturated rings. The summed E-state index contributed by atoms with van der Waals surface area (Å²) in [5, 5.41) is 0.311. The Bertz CT molecular complexity index is 321. The number of ether oxygens (including phenoxy) is 1. The second kappa shape index (κ2) is 9.03. The Morgan fingerprint density at radius 2 is 1.53 bits per heavy atom. The average Bonchev–Trinajstić information content (AvgIpc) is 2.36. The Balaban J connectivity index is 5.26. The molecule has 0 saturated carbocycles. The van der Waals surface area contributed by atoms with Crippen molar-refractivity contribution >= 4 is 14.8 Å². The van der Waals surface area contributed by atoms with Gasteiger partial charge < -0.3 is 18.0 Å². The van der Waals surface area contributed by atoms with Crippen LogP contribution in [0.5, 0.6) is 0 Å². The van der Waals surface area contributed by atoms with Gasteiger partial charge in [-0.25, -0.2) is 4.79 Å². The first kappa shape index (κ1) is 18.0. The van der Waals surface area contributed by atoms with E-state index in [0.29, 0.717) is 30.8 Å². The van der Waals surface area contributed by atoms with Gasteiger partial charge in [-0.1, -0.05) is 6.58 Å². The van der Waals surface area contributed by atoms with E-state index in [-0.39, 0.29) is 0 Å². The van der Waals surface area contributed by atoms with Gasteiger partial charge >= 0.3 is 14.8 Å². The summed E-state index contributed by atoms with van der Waals surface area (Å²) in [5.74, 6) is -0.510. The molecule has 0 rings (SSSR count). The molecule has 0 radical (unpaired) electrons. The van der Waals surface area contributed by atoms with Crippen LogP contribution in [-0.4, -0.2) is 34.6 Å². The molecular formula is C13H24O5Si. The van der Waals surface area contributed by atoms with E-state index in [1.165, 1.54) is 0 Å². The van der Waals surface area contributed by atoms with Crippen LogP contribution in [-0.2, 0) is 22.8 Å². The lowest BCUT2D eigenvalue weighted by Gasteiger charge is -2.29. The summed E-state index contributed by atoms with van der Waals surface area (Å²) in [6, 6.07) is 0. The maximum absolute atomic E-state index is 11.7. The van der Waals surface area contributed by atoms with Crippen LogP contribution in [0.4, 0.5) is 0 Å². The van der Waals surface area contributed by atoms with Crippen LogP contribution in [0.1, 0.15) is 34.6 Å². The van der Waals surface area contributed by atoms with Crippen molar-refractivity contribution in [3.8, 4) is 0 Å². The Morgan fingerprint density at radius 3 is 1.79 bits per heavy atom. The maximum Gasteiger partial charge on any atom is 0.574 e. The van der Waals surface area contributed by atoms with E-state index < -0.39 is 14.8 Å². The first-order valence-electron chi connectivity index (χ1n) is 6.43. The molecule has 0 unspecified atom stereocenters. The maximum atomic E-state index is 11.7. The summed E-state index contributed by atoms with van der Waals surface area (Å²) < 4.78 is 22.3. The van der Waals surface area contributed by atoms with Gasteiger partial charge in [0.15, 0.2) is 5.38 Å². The standard InChI is InChI=1S/C13H24O5Si/c1-7-12(18-13(14)11(5)6)19(15-8-2,16-9-3)17-10-4/h7H,5,8-10H2,1-4,6H3. The number of hydrogen-bond donors (Lipinski definition) is 0. The van der Waals surface area contributed by atoms with Crippen molar-refractivity contribution in [3.05, 3.63) is 23.6 Å². The molecule has 0 spiro atoms. The van der Waals surface area contributed by atoms with E-state index in [4.69, 9.17) is 18.0 Å². The fourth-order valence-corrected chi connectivity index (χ4v) is 3.78. The van der Waals surface area contributed by atoms with Crippen LogP contribution in [0.3, 0.4) is 0 Å². The minimum Gasteiger partial charge on any atom is -0.425 e. The average molecular weight is 288 g/mol. The smallest absolute Gasteiger partial charge is 0.425 e. The van der Waals surface area contributed by atoms with Gasteiger partial charge in [-0.3, -0.25) is 0 Å². The van der Waals surface area contributed by atoms with Crippen molar-refractivity contribution in [2.75, 3.05) is 19.8 Å². The lowest BCUT2D eigenvalue weighted by atomic mass is 10.4. The molecule has 0 aromatic heterocycles. The second-order valence-electron chi connectivity index (χ2n) is 3.68. The molecule has 0 saturated heterocycles. The van der Waals surface area contributed by atoms with E-state index in [9.17, 15) is 4.79 Å². The molecule has 5 nitrogen and oxygen atoms in total. The van der Waals surface area contributed by atoms with Crippen LogP contribution in [0.15, 0.2) is 23.6 Å². The number of rotatable bonds is 9. The predicted octanol–water partition coefficient (Wildman–Crippen LogP) is 2.60. The fourth-order valence-electron chi connectivity index (χ4n) is 1.39. The van der Waals surface area contributed by atoms with Crippen molar-refractivity contribution in [2.45, 2.75) is 34.6 Å². The number of carbonyl (C=O) groups excluding carboxylic acids is 1. The lowest BCUT2D eigenvalue weighted by molar-refractivity contribution is -0.135. The molecule has 0 aliphatic rings. The molecule has 0 amide bonds. The molecule has 19 heavy (non-hydrogen) atoms. The molecule has 0 heterocycles. The summed E-state index contributed by atoms with van der Waals surface area (Å²) >= 11 is 0. The first-order chi connectivity index (χ1) is 8.97. The highest BCUT2D eigenvalue weighted by Gasteiger charge is 2.48. The Labute approximate surface area is 116 Å². The van der Waals surface area contributed by atoms with Gasteiger partial charge in [0, 0.05) is 25.4 Å². The van der Waals surface area contributed by atoms with Crippen LogP contribution >= 0.6 is 0 Å². The molecule has 0 aliphatic carbocycles. The van der Waals surface area contributed by atoms with E-state index >= 15 is 0 Å². The molecule has 0 aromatic carbocycles. The molecule has 0 aliphatic heterocycles. The van der Waals surface area contributed by atoms with Gasteiger partial charge in [0.2, 0.25) is 0 Å². The summed E-state index contributed by atoms with van der Waals surface area (Å²) in [7, 11) is -3.16. The quantitative estimate of drug-likeness (QED) is 0.282. The summed E-state index contributed by atoms with van der Waals surface area (Å²) in [6.45, 7) is 13.6. The summed E-state index contributed by atoms with van der Waals surface area (Å²) in [5.41, 5.74) is 0.312. The van der Waals surface area contributed by atoms with E-state index in [1.54, 1.807) is 19.9 Å². The number of hydrogen-bond acceptors (Lipinski definition) is 5. The molecule has 0 aromatic rings. The third kappa shape index (κ3) is 5.28. The van der Waals surface area contributed by atoms with E-state index in [0.717, 1.165) is 0 Å². The van der Waals surface area contributed by atoms with Crippen LogP contribution < -0.4 is 0 Å². The number of esters is 1. The third-order valence-electron chi connectivity index (χ3n) is 2.12. The summed E-state index contributed by atoms with van der Waals surface area (Å²) in [4.78, 5) is 11.7. The zero-order valence-corrected chi connectivity index (χ0v) is 13.4. The highest BCUT2D eigenvalue weighted by Crippen LogP contribution is 2.22. The normalized spacial score (nSPS) is 12.4. The predicted molar refractivity (Wildman–Crippen MR) is 75.3 cm³/mol. The third-order valence-corrected chi connectivity index (χ3v) is 5.12. The van der Waals surface area contributed by atoms with Crippen molar-refractivity contribution < 1.29 is 22.8 Å². The van der Waals surface area contributed by atoms with Crippen molar-refractivity contribution in [1.82, 2.24) is 0 Å². The molecule has 0 atom stereocenters. The van der Waals surface area contributed by atoms with Gasteiger partial charge in [-0.15, -0.1) is 0 Å². The summed E-state index contributed by atoms with van der Waals surface area (Å²) in [6.07, 6.45) is 1.65. The SMILES string of the molecule is C=C(C)C(=O)OC(=CC)[Si](OCC)(OCC)OCC. The Kier molecular flexibility index (Phi) is 8.58. The van der Waals surface area contributed by atoms with E-state index in [2.05, 4.69) is 6.58 Å². The first-order valence-corrected chi connectivity index (χ1v) is 8.16. The minimum absolute atomic E-state index is 0.311. The van der Waals surface area contributed by atoms with Crippen molar-refractivity contribution in [1.29, 1.82) is 0 Å². The second-order valence-corrected chi connectivity index (χ2v) is 6.15. The highest BCUT2D eigenvalue weighted by atomic mass is 28.4.